The summed E-state index contributed by atoms with van der Waals surface area (Å²) in [5.41, 5.74) is 6.44. The molecular weight excluding hydrogens is 1320 g/mol. The van der Waals surface area contributed by atoms with Crippen molar-refractivity contribution in [2.24, 2.45) is 0 Å². The van der Waals surface area contributed by atoms with E-state index in [0.717, 1.165) is 97.8 Å². The molecule has 6 N–H and O–H groups in total. The Balaban J connectivity index is 0.000000137. The van der Waals surface area contributed by atoms with Gasteiger partial charge in [0.25, 0.3) is 5.91 Å². The molecule has 4 fully saturated rings. The molecule has 0 bridgehead atoms. The minimum Gasteiger partial charge on any atom is -0.497 e. The third kappa shape index (κ3) is 16.7. The standard InChI is InChI=1S/C22H18F6N2O.C22H25N3O4S.C16H20N2O2.C15H18N2O2/c23-21(24,25)15-9-14(10-16(11-15)22(26,27)28)20(31)30-7-5-13(6-8-30)18-12-29-19-4-2-1-3-17(18)19;1-15(26)24-17-3-6-19(7-4-17)30(27,28)25-11-9-16(10-12-25)21-14-23-22-8-5-18(29-2)13-20(21)22;1-2-20-16(19)18-9-7-12(8-10-18)14-11-17-15-6-4-3-5-13(14)15;18-10-15(19)17-7-5-11(6-8-17)13-9-16-14-4-2-1-3-12(13)14/h1-4,9-13,29H,5-8H2;3-8,13-14,16,23H,9-12H2,1-2H3,(H,24,26);3-6,11-12,17H,2,7-10H2,1H3;1-4,9,11,16,18H,5-8,10H2. The van der Waals surface area contributed by atoms with Crippen LogP contribution in [0.4, 0.5) is 36.8 Å². The fraction of sp³-hybridized carbons (Fsp3) is 0.360. The number of sulfonamides is 1. The van der Waals surface area contributed by atoms with E-state index in [4.69, 9.17) is 14.6 Å². The first-order chi connectivity index (χ1) is 48.0. The van der Waals surface area contributed by atoms with Crippen molar-refractivity contribution >= 4 is 83.1 Å². The molecule has 18 nitrogen and oxygen atoms in total. The van der Waals surface area contributed by atoms with E-state index in [1.165, 1.54) is 50.3 Å². The number of halogens is 6. The Kier molecular flexibility index (Phi) is 22.4. The molecule has 4 aromatic heterocycles. The molecule has 0 saturated carbocycles. The molecular formula is C75H81F6N9O9S. The van der Waals surface area contributed by atoms with Crippen LogP contribution in [-0.4, -0.2) is 149 Å². The number of nitrogens with one attached hydrogen (secondary N) is 5. The van der Waals surface area contributed by atoms with Crippen LogP contribution in [-0.2, 0) is 36.7 Å². The van der Waals surface area contributed by atoms with Crippen molar-refractivity contribution in [2.75, 3.05) is 78.0 Å². The van der Waals surface area contributed by atoms with Crippen LogP contribution in [0.2, 0.25) is 0 Å². The number of alkyl halides is 6. The summed E-state index contributed by atoms with van der Waals surface area (Å²) in [7, 11) is -1.91. The lowest BCUT2D eigenvalue weighted by molar-refractivity contribution is -0.143. The first-order valence-electron chi connectivity index (χ1n) is 33.6. The summed E-state index contributed by atoms with van der Waals surface area (Å²) in [5.74, 6) is 1.10. The van der Waals surface area contributed by atoms with E-state index >= 15 is 0 Å². The Bertz CT molecular complexity index is 4560. The summed E-state index contributed by atoms with van der Waals surface area (Å²) in [6.45, 7) is 7.81. The second-order valence-electron chi connectivity index (χ2n) is 25.5. The average molecular weight is 1400 g/mol. The van der Waals surface area contributed by atoms with Gasteiger partial charge in [-0.2, -0.15) is 30.6 Å². The quantitative estimate of drug-likeness (QED) is 0.0676. The highest BCUT2D eigenvalue weighted by atomic mass is 32.2. The van der Waals surface area contributed by atoms with E-state index in [9.17, 15) is 53.9 Å². The average Bonchev–Trinajstić information content (AvgIpc) is 1.40. The molecule has 0 unspecified atom stereocenters. The molecule has 0 atom stereocenters. The zero-order valence-electron chi connectivity index (χ0n) is 55.7. The van der Waals surface area contributed by atoms with Crippen molar-refractivity contribution < 1.29 is 68.5 Å². The number of methoxy groups -OCH3 is 1. The third-order valence-corrected chi connectivity index (χ3v) is 21.3. The van der Waals surface area contributed by atoms with Gasteiger partial charge in [0.15, 0.2) is 0 Å². The van der Waals surface area contributed by atoms with Gasteiger partial charge in [-0.25, -0.2) is 13.2 Å². The number of carbonyl (C=O) groups is 4. The van der Waals surface area contributed by atoms with Crippen LogP contribution in [0.3, 0.4) is 0 Å². The highest BCUT2D eigenvalue weighted by Crippen LogP contribution is 2.41. The number of para-hydroxylation sites is 3. The van der Waals surface area contributed by atoms with Crippen LogP contribution in [0.25, 0.3) is 43.6 Å². The van der Waals surface area contributed by atoms with Crippen molar-refractivity contribution in [3.8, 4) is 5.75 Å². The van der Waals surface area contributed by atoms with Gasteiger partial charge in [0.05, 0.1) is 29.7 Å². The summed E-state index contributed by atoms with van der Waals surface area (Å²) in [6, 6.07) is 37.7. The lowest BCUT2D eigenvalue weighted by atomic mass is 9.89. The van der Waals surface area contributed by atoms with Gasteiger partial charge < -0.3 is 54.5 Å². The molecule has 4 amide bonds. The number of aliphatic hydroxyl groups is 1. The van der Waals surface area contributed by atoms with Gasteiger partial charge in [0.1, 0.15) is 12.4 Å². The topological polar surface area (TPSA) is 229 Å². The van der Waals surface area contributed by atoms with Crippen LogP contribution in [0.15, 0.2) is 163 Å². The Morgan fingerprint density at radius 1 is 0.520 bits per heavy atom. The van der Waals surface area contributed by atoms with E-state index in [1.807, 2.05) is 78.8 Å². The molecule has 14 rings (SSSR count). The number of anilines is 1. The molecule has 4 aliphatic rings. The van der Waals surface area contributed by atoms with E-state index in [1.54, 1.807) is 40.6 Å². The van der Waals surface area contributed by atoms with E-state index in [2.05, 4.69) is 74.0 Å². The van der Waals surface area contributed by atoms with Gasteiger partial charge >= 0.3 is 18.4 Å². The van der Waals surface area contributed by atoms with E-state index in [-0.39, 0.29) is 54.5 Å². The number of ether oxygens (including phenoxy) is 2. The van der Waals surface area contributed by atoms with Gasteiger partial charge in [0, 0.05) is 139 Å². The number of rotatable bonds is 11. The van der Waals surface area contributed by atoms with Gasteiger partial charge in [-0.15, -0.1) is 0 Å². The van der Waals surface area contributed by atoms with Crippen molar-refractivity contribution in [3.05, 3.63) is 197 Å². The monoisotopic (exact) mass is 1400 g/mol. The Labute approximate surface area is 575 Å². The second-order valence-corrected chi connectivity index (χ2v) is 27.5. The number of piperidine rings is 4. The Morgan fingerprint density at radius 2 is 0.920 bits per heavy atom. The molecule has 4 saturated heterocycles. The highest BCUT2D eigenvalue weighted by Gasteiger charge is 2.39. The van der Waals surface area contributed by atoms with Gasteiger partial charge in [-0.3, -0.25) is 14.4 Å². The van der Waals surface area contributed by atoms with Crippen molar-refractivity contribution in [1.82, 2.24) is 38.9 Å². The lowest BCUT2D eigenvalue weighted by Gasteiger charge is -2.32. The van der Waals surface area contributed by atoms with Crippen LogP contribution >= 0.6 is 0 Å². The predicted molar refractivity (Wildman–Crippen MR) is 372 cm³/mol. The number of hydrogen-bond donors (Lipinski definition) is 6. The number of amides is 4. The van der Waals surface area contributed by atoms with Crippen LogP contribution < -0.4 is 10.1 Å². The molecule has 528 valence electrons. The Hall–Kier alpha value is -9.59. The molecule has 8 heterocycles. The maximum absolute atomic E-state index is 13.1. The number of benzene rings is 6. The van der Waals surface area contributed by atoms with E-state index < -0.39 is 45.0 Å². The molecule has 4 aliphatic heterocycles. The van der Waals surface area contributed by atoms with Crippen LogP contribution in [0.5, 0.6) is 5.75 Å². The molecule has 10 aromatic rings. The van der Waals surface area contributed by atoms with Crippen LogP contribution in [0.1, 0.15) is 133 Å². The maximum Gasteiger partial charge on any atom is 0.416 e. The van der Waals surface area contributed by atoms with Crippen molar-refractivity contribution in [2.45, 2.75) is 106 Å². The Morgan fingerprint density at radius 3 is 1.33 bits per heavy atom. The molecule has 100 heavy (non-hydrogen) atoms. The SMILES string of the molecule is CCOC(=O)N1CCC(c2c[nH]c3ccccc23)CC1.COc1ccc2[nH]cc(C3CCN(S(=O)(=O)c4ccc(NC(C)=O)cc4)CC3)c2c1.O=C(CO)N1CCC(c2c[nH]c3ccccc23)CC1.O=C(c1cc(C(F)(F)F)cc(C(F)(F)F)c1)N1CCC(c2c[nH]c3ccccc23)CC1. The summed E-state index contributed by atoms with van der Waals surface area (Å²) in [6.07, 6.45) is 4.59. The third-order valence-electron chi connectivity index (χ3n) is 19.4. The number of nitrogens with zero attached hydrogens (tertiary/aromatic N) is 4. The minimum atomic E-state index is -4.99. The fourth-order valence-electron chi connectivity index (χ4n) is 14.1. The number of H-pyrrole nitrogens is 4. The fourth-order valence-corrected chi connectivity index (χ4v) is 15.6. The van der Waals surface area contributed by atoms with Gasteiger partial charge in [-0.05, 0) is 183 Å². The van der Waals surface area contributed by atoms with Gasteiger partial charge in [0.2, 0.25) is 21.8 Å². The molecule has 0 spiro atoms. The number of aromatic amines is 4. The van der Waals surface area contributed by atoms with Crippen LogP contribution in [0, 0.1) is 0 Å². The number of aromatic nitrogens is 4. The predicted octanol–water partition coefficient (Wildman–Crippen LogP) is 15.3. The van der Waals surface area contributed by atoms with Crippen molar-refractivity contribution in [3.63, 3.8) is 0 Å². The lowest BCUT2D eigenvalue weighted by Crippen LogP contribution is -2.39. The first-order valence-corrected chi connectivity index (χ1v) is 35.0. The summed E-state index contributed by atoms with van der Waals surface area (Å²) < 4.78 is 117. The largest absolute Gasteiger partial charge is 0.497 e. The molecule has 0 aliphatic carbocycles. The molecule has 0 radical (unpaired) electrons. The maximum atomic E-state index is 13.1. The first kappa shape index (κ1) is 71.7. The van der Waals surface area contributed by atoms with Crippen molar-refractivity contribution in [1.29, 1.82) is 0 Å². The number of fused-ring (bicyclic) bond motifs is 4. The summed E-state index contributed by atoms with van der Waals surface area (Å²) in [5, 5.41) is 16.3. The van der Waals surface area contributed by atoms with E-state index in [0.29, 0.717) is 68.1 Å². The summed E-state index contributed by atoms with van der Waals surface area (Å²) >= 11 is 0. The number of carbonyl (C=O) groups excluding carboxylic acids is 4. The second kappa shape index (κ2) is 31.3. The molecule has 25 heteroatoms. The van der Waals surface area contributed by atoms with Gasteiger partial charge in [-0.1, -0.05) is 54.6 Å². The smallest absolute Gasteiger partial charge is 0.416 e. The zero-order chi connectivity index (χ0) is 70.9. The zero-order valence-corrected chi connectivity index (χ0v) is 56.5. The molecule has 6 aromatic carbocycles. The summed E-state index contributed by atoms with van der Waals surface area (Å²) in [4.78, 5) is 65.3. The normalized spacial score (nSPS) is 16.3. The highest BCUT2D eigenvalue weighted by molar-refractivity contribution is 7.89. The number of likely N-dealkylation sites (tertiary alicyclic amines) is 3. The number of aliphatic hydroxyl groups excluding tert-OH is 1. The minimum absolute atomic E-state index is 0.0278. The number of hydrogen-bond acceptors (Lipinski definition) is 9.